The van der Waals surface area contributed by atoms with Gasteiger partial charge in [0.1, 0.15) is 0 Å². The Balaban J connectivity index is 1.88. The van der Waals surface area contributed by atoms with Crippen molar-refractivity contribution in [2.75, 3.05) is 5.73 Å². The average molecular weight is 279 g/mol. The topological polar surface area (TPSA) is 63.4 Å². The summed E-state index contributed by atoms with van der Waals surface area (Å²) in [5.41, 5.74) is 7.05. The number of likely N-dealkylation sites (tertiary alicyclic amines) is 1. The molecule has 1 saturated carbocycles. The fourth-order valence-electron chi connectivity index (χ4n) is 3.12. The number of imide groups is 1. The quantitative estimate of drug-likeness (QED) is 0.666. The molecule has 0 bridgehead atoms. The molecule has 2 atom stereocenters. The molecule has 0 radical (unpaired) electrons. The molecule has 19 heavy (non-hydrogen) atoms. The highest BCUT2D eigenvalue weighted by molar-refractivity contribution is 6.31. The van der Waals surface area contributed by atoms with Gasteiger partial charge in [-0.1, -0.05) is 24.1 Å². The molecule has 2 unspecified atom stereocenters. The monoisotopic (exact) mass is 278 g/mol. The fraction of sp³-hybridized carbons (Fsp3) is 0.429. The van der Waals surface area contributed by atoms with Crippen LogP contribution in [0, 0.1) is 11.8 Å². The smallest absolute Gasteiger partial charge is 0.233 e. The van der Waals surface area contributed by atoms with E-state index in [0.29, 0.717) is 16.3 Å². The first-order chi connectivity index (χ1) is 9.09. The zero-order valence-corrected chi connectivity index (χ0v) is 11.2. The summed E-state index contributed by atoms with van der Waals surface area (Å²) in [6.07, 6.45) is 2.61. The summed E-state index contributed by atoms with van der Waals surface area (Å²) in [6.45, 7) is 0.191. The lowest BCUT2D eigenvalue weighted by atomic mass is 10.00. The number of hydrogen-bond acceptors (Lipinski definition) is 3. The van der Waals surface area contributed by atoms with Crippen LogP contribution < -0.4 is 5.73 Å². The van der Waals surface area contributed by atoms with E-state index in [-0.39, 0.29) is 30.2 Å². The van der Waals surface area contributed by atoms with Crippen LogP contribution in [0.4, 0.5) is 5.69 Å². The molecule has 2 fully saturated rings. The van der Waals surface area contributed by atoms with E-state index in [1.807, 2.05) is 0 Å². The molecule has 1 aromatic rings. The molecule has 1 heterocycles. The molecule has 2 amide bonds. The van der Waals surface area contributed by atoms with Gasteiger partial charge in [0, 0.05) is 16.3 Å². The van der Waals surface area contributed by atoms with Crippen LogP contribution in [0.3, 0.4) is 0 Å². The van der Waals surface area contributed by atoms with E-state index >= 15 is 0 Å². The van der Waals surface area contributed by atoms with Gasteiger partial charge < -0.3 is 5.73 Å². The lowest BCUT2D eigenvalue weighted by molar-refractivity contribution is -0.141. The highest BCUT2D eigenvalue weighted by Crippen LogP contribution is 2.40. The predicted octanol–water partition coefficient (Wildman–Crippen LogP) is 2.21. The Kier molecular flexibility index (Phi) is 2.97. The second-order valence-corrected chi connectivity index (χ2v) is 5.62. The number of anilines is 1. The number of benzene rings is 1. The zero-order chi connectivity index (χ0) is 13.6. The van der Waals surface area contributed by atoms with Gasteiger partial charge in [-0.2, -0.15) is 0 Å². The zero-order valence-electron chi connectivity index (χ0n) is 10.4. The molecule has 100 valence electrons. The molecule has 0 spiro atoms. The maximum Gasteiger partial charge on any atom is 0.233 e. The molecule has 1 aliphatic carbocycles. The largest absolute Gasteiger partial charge is 0.398 e. The number of carbonyl (C=O) groups excluding carboxylic acids is 2. The van der Waals surface area contributed by atoms with Gasteiger partial charge >= 0.3 is 0 Å². The van der Waals surface area contributed by atoms with Crippen LogP contribution in [-0.4, -0.2) is 16.7 Å². The van der Waals surface area contributed by atoms with Crippen molar-refractivity contribution >= 4 is 29.1 Å². The SMILES string of the molecule is Nc1cccc(Cl)c1CN1C(=O)C2CCCC2C1=O. The number of fused-ring (bicyclic) bond motifs is 1. The average Bonchev–Trinajstić information content (AvgIpc) is 2.93. The van der Waals surface area contributed by atoms with Gasteiger partial charge in [-0.05, 0) is 25.0 Å². The molecule has 4 nitrogen and oxygen atoms in total. The lowest BCUT2D eigenvalue weighted by Crippen LogP contribution is -2.31. The molecule has 3 rings (SSSR count). The Hall–Kier alpha value is -1.55. The Morgan fingerprint density at radius 1 is 1.21 bits per heavy atom. The Morgan fingerprint density at radius 3 is 2.42 bits per heavy atom. The van der Waals surface area contributed by atoms with Gasteiger partial charge in [-0.3, -0.25) is 14.5 Å². The summed E-state index contributed by atoms with van der Waals surface area (Å²) in [4.78, 5) is 25.8. The van der Waals surface area contributed by atoms with Crippen molar-refractivity contribution in [3.8, 4) is 0 Å². The van der Waals surface area contributed by atoms with Crippen molar-refractivity contribution < 1.29 is 9.59 Å². The third-order valence-corrected chi connectivity index (χ3v) is 4.51. The lowest BCUT2D eigenvalue weighted by Gasteiger charge is -2.18. The second-order valence-electron chi connectivity index (χ2n) is 5.21. The fourth-order valence-corrected chi connectivity index (χ4v) is 3.36. The third-order valence-electron chi connectivity index (χ3n) is 4.15. The molecule has 1 saturated heterocycles. The summed E-state index contributed by atoms with van der Waals surface area (Å²) in [7, 11) is 0. The van der Waals surface area contributed by atoms with Crippen LogP contribution in [0.1, 0.15) is 24.8 Å². The molecule has 5 heteroatoms. The van der Waals surface area contributed by atoms with Crippen molar-refractivity contribution in [3.63, 3.8) is 0 Å². The number of amides is 2. The Morgan fingerprint density at radius 2 is 1.84 bits per heavy atom. The second kappa shape index (κ2) is 4.53. The van der Waals surface area contributed by atoms with Gasteiger partial charge in [-0.15, -0.1) is 0 Å². The Bertz CT molecular complexity index is 516. The van der Waals surface area contributed by atoms with Gasteiger partial charge in [0.05, 0.1) is 18.4 Å². The van der Waals surface area contributed by atoms with E-state index in [1.54, 1.807) is 18.2 Å². The van der Waals surface area contributed by atoms with E-state index in [0.717, 1.165) is 19.3 Å². The summed E-state index contributed by atoms with van der Waals surface area (Å²) < 4.78 is 0. The molecular weight excluding hydrogens is 264 g/mol. The van der Waals surface area contributed by atoms with Gasteiger partial charge in [-0.25, -0.2) is 0 Å². The van der Waals surface area contributed by atoms with Crippen LogP contribution in [0.2, 0.25) is 5.02 Å². The maximum absolute atomic E-state index is 12.2. The molecular formula is C14H15ClN2O2. The van der Waals surface area contributed by atoms with Crippen LogP contribution in [0.15, 0.2) is 18.2 Å². The number of halogens is 1. The normalized spacial score (nSPS) is 26.1. The van der Waals surface area contributed by atoms with Gasteiger partial charge in [0.15, 0.2) is 0 Å². The highest BCUT2D eigenvalue weighted by atomic mass is 35.5. The third kappa shape index (κ3) is 1.91. The van der Waals surface area contributed by atoms with Crippen LogP contribution in [0.25, 0.3) is 0 Å². The number of nitrogens with two attached hydrogens (primary N) is 1. The van der Waals surface area contributed by atoms with Crippen molar-refractivity contribution in [3.05, 3.63) is 28.8 Å². The summed E-state index contributed by atoms with van der Waals surface area (Å²) in [5.74, 6) is -0.355. The Labute approximate surface area is 116 Å². The molecule has 2 aliphatic rings. The van der Waals surface area contributed by atoms with Crippen molar-refractivity contribution in [1.82, 2.24) is 4.90 Å². The van der Waals surface area contributed by atoms with E-state index < -0.39 is 0 Å². The number of hydrogen-bond donors (Lipinski definition) is 1. The molecule has 0 aromatic heterocycles. The van der Waals surface area contributed by atoms with Crippen molar-refractivity contribution in [1.29, 1.82) is 0 Å². The van der Waals surface area contributed by atoms with Crippen LogP contribution in [0.5, 0.6) is 0 Å². The minimum atomic E-state index is -0.115. The minimum absolute atomic E-state index is 0.0631. The highest BCUT2D eigenvalue weighted by Gasteiger charge is 2.49. The van der Waals surface area contributed by atoms with Crippen molar-refractivity contribution in [2.24, 2.45) is 11.8 Å². The molecule has 1 aliphatic heterocycles. The van der Waals surface area contributed by atoms with E-state index in [2.05, 4.69) is 0 Å². The minimum Gasteiger partial charge on any atom is -0.398 e. The first kappa shape index (κ1) is 12.5. The van der Waals surface area contributed by atoms with Gasteiger partial charge in [0.2, 0.25) is 11.8 Å². The first-order valence-corrected chi connectivity index (χ1v) is 6.85. The number of carbonyl (C=O) groups is 2. The maximum atomic E-state index is 12.2. The van der Waals surface area contributed by atoms with Crippen LogP contribution >= 0.6 is 11.6 Å². The molecule has 1 aromatic carbocycles. The number of nitrogen functional groups attached to an aromatic ring is 1. The summed E-state index contributed by atoms with van der Waals surface area (Å²) in [6, 6.07) is 5.20. The predicted molar refractivity (Wildman–Crippen MR) is 72.3 cm³/mol. The number of rotatable bonds is 2. The van der Waals surface area contributed by atoms with E-state index in [9.17, 15) is 9.59 Å². The molecule has 2 N–H and O–H groups in total. The van der Waals surface area contributed by atoms with Crippen LogP contribution in [-0.2, 0) is 16.1 Å². The standard InChI is InChI=1S/C14H15ClN2O2/c15-11-5-2-6-12(16)10(11)7-17-13(18)8-3-1-4-9(8)14(17)19/h2,5-6,8-9H,1,3-4,7,16H2. The summed E-state index contributed by atoms with van der Waals surface area (Å²) >= 11 is 6.09. The van der Waals surface area contributed by atoms with Crippen molar-refractivity contribution in [2.45, 2.75) is 25.8 Å². The number of nitrogens with zero attached hydrogens (tertiary/aromatic N) is 1. The van der Waals surface area contributed by atoms with Gasteiger partial charge in [0.25, 0.3) is 0 Å². The summed E-state index contributed by atoms with van der Waals surface area (Å²) in [5, 5.41) is 0.498. The van der Waals surface area contributed by atoms with E-state index in [4.69, 9.17) is 17.3 Å². The van der Waals surface area contributed by atoms with E-state index in [1.165, 1.54) is 4.90 Å². The first-order valence-electron chi connectivity index (χ1n) is 6.47.